The average molecular weight is 373 g/mol. The molecule has 0 unspecified atom stereocenters. The van der Waals surface area contributed by atoms with Crippen molar-refractivity contribution in [3.63, 3.8) is 0 Å². The van der Waals surface area contributed by atoms with Gasteiger partial charge in [-0.3, -0.25) is 14.8 Å². The fourth-order valence-corrected chi connectivity index (χ4v) is 3.23. The van der Waals surface area contributed by atoms with Gasteiger partial charge >= 0.3 is 0 Å². The third kappa shape index (κ3) is 4.19. The minimum absolute atomic E-state index is 0.0575. The minimum Gasteiger partial charge on any atom is -0.494 e. The van der Waals surface area contributed by atoms with Crippen LogP contribution in [0.2, 0.25) is 0 Å². The predicted molar refractivity (Wildman–Crippen MR) is 108 cm³/mol. The van der Waals surface area contributed by atoms with Gasteiger partial charge in [0.15, 0.2) is 0 Å². The number of amides is 1. The summed E-state index contributed by atoms with van der Waals surface area (Å²) in [6.45, 7) is 3.22. The molecular weight excluding hydrogens is 350 g/mol. The highest BCUT2D eigenvalue weighted by Gasteiger charge is 2.33. The molecule has 1 fully saturated rings. The van der Waals surface area contributed by atoms with Gasteiger partial charge in [-0.05, 0) is 49.6 Å². The summed E-state index contributed by atoms with van der Waals surface area (Å²) in [4.78, 5) is 23.7. The van der Waals surface area contributed by atoms with Crippen LogP contribution in [0.1, 0.15) is 35.7 Å². The van der Waals surface area contributed by atoms with E-state index in [0.29, 0.717) is 24.8 Å². The summed E-state index contributed by atoms with van der Waals surface area (Å²) in [7, 11) is 0. The number of aromatic nitrogens is 2. The molecule has 2 aromatic carbocycles. The molecule has 0 saturated heterocycles. The van der Waals surface area contributed by atoms with Gasteiger partial charge in [0, 0.05) is 36.1 Å². The Morgan fingerprint density at radius 1 is 1.14 bits per heavy atom. The van der Waals surface area contributed by atoms with E-state index in [4.69, 9.17) is 4.74 Å². The zero-order valence-corrected chi connectivity index (χ0v) is 15.9. The first-order valence-electron chi connectivity index (χ1n) is 9.64. The highest BCUT2D eigenvalue weighted by Crippen LogP contribution is 2.30. The molecule has 1 aromatic heterocycles. The molecule has 0 radical (unpaired) electrons. The van der Waals surface area contributed by atoms with Crippen molar-refractivity contribution in [2.24, 2.45) is 0 Å². The van der Waals surface area contributed by atoms with Crippen LogP contribution in [-0.2, 0) is 6.54 Å². The van der Waals surface area contributed by atoms with Gasteiger partial charge in [-0.2, -0.15) is 0 Å². The molecule has 1 amide bonds. The van der Waals surface area contributed by atoms with Crippen molar-refractivity contribution in [2.45, 2.75) is 32.4 Å². The Kier molecular flexibility index (Phi) is 5.33. The molecule has 28 heavy (non-hydrogen) atoms. The third-order valence-corrected chi connectivity index (χ3v) is 4.80. The normalized spacial score (nSPS) is 13.2. The molecule has 0 bridgehead atoms. The Labute approximate surface area is 165 Å². The molecule has 1 aliphatic carbocycles. The molecular formula is C23H23N3O2. The molecule has 0 aliphatic heterocycles. The van der Waals surface area contributed by atoms with Crippen LogP contribution in [-0.4, -0.2) is 33.4 Å². The van der Waals surface area contributed by atoms with Crippen molar-refractivity contribution >= 4 is 5.91 Å². The lowest BCUT2D eigenvalue weighted by molar-refractivity contribution is 0.0730. The van der Waals surface area contributed by atoms with Crippen LogP contribution in [0.4, 0.5) is 0 Å². The van der Waals surface area contributed by atoms with Crippen LogP contribution in [0.25, 0.3) is 11.3 Å². The molecule has 142 valence electrons. The van der Waals surface area contributed by atoms with E-state index in [9.17, 15) is 4.79 Å². The molecule has 3 aromatic rings. The van der Waals surface area contributed by atoms with Crippen molar-refractivity contribution in [3.05, 3.63) is 78.2 Å². The largest absolute Gasteiger partial charge is 0.494 e. The predicted octanol–water partition coefficient (Wildman–Crippen LogP) is 4.35. The van der Waals surface area contributed by atoms with Crippen LogP contribution in [0.5, 0.6) is 5.75 Å². The van der Waals surface area contributed by atoms with Gasteiger partial charge < -0.3 is 9.64 Å². The first-order valence-corrected chi connectivity index (χ1v) is 9.64. The van der Waals surface area contributed by atoms with Crippen LogP contribution in [0, 0.1) is 0 Å². The summed E-state index contributed by atoms with van der Waals surface area (Å²) in [5.41, 5.74) is 3.45. The van der Waals surface area contributed by atoms with Crippen molar-refractivity contribution in [1.82, 2.24) is 14.9 Å². The van der Waals surface area contributed by atoms with Crippen molar-refractivity contribution in [2.75, 3.05) is 6.61 Å². The van der Waals surface area contributed by atoms with Gasteiger partial charge in [0.25, 0.3) is 5.91 Å². The Hall–Kier alpha value is -3.21. The van der Waals surface area contributed by atoms with E-state index in [0.717, 1.165) is 35.4 Å². The molecule has 1 heterocycles. The summed E-state index contributed by atoms with van der Waals surface area (Å²) in [5.74, 6) is 0.911. The standard InChI is InChI=1S/C23H23N3O2/c1-2-28-21-10-6-17(7-11-21)16-26(20-8-9-20)23(27)19-5-3-4-18(14-19)22-15-24-12-13-25-22/h3-7,10-15,20H,2,8-9,16H2,1H3. The zero-order valence-electron chi connectivity index (χ0n) is 15.9. The topological polar surface area (TPSA) is 55.3 Å². The molecule has 1 aliphatic rings. The van der Waals surface area contributed by atoms with Crippen molar-refractivity contribution in [3.8, 4) is 17.0 Å². The maximum absolute atomic E-state index is 13.2. The lowest BCUT2D eigenvalue weighted by Crippen LogP contribution is -2.32. The summed E-state index contributed by atoms with van der Waals surface area (Å²) in [5, 5.41) is 0. The number of benzene rings is 2. The van der Waals surface area contributed by atoms with E-state index in [1.807, 2.05) is 60.4 Å². The number of carbonyl (C=O) groups is 1. The van der Waals surface area contributed by atoms with Gasteiger partial charge in [-0.1, -0.05) is 24.3 Å². The van der Waals surface area contributed by atoms with E-state index in [1.165, 1.54) is 0 Å². The van der Waals surface area contributed by atoms with E-state index in [1.54, 1.807) is 18.6 Å². The fourth-order valence-electron chi connectivity index (χ4n) is 3.23. The quantitative estimate of drug-likeness (QED) is 0.618. The zero-order chi connectivity index (χ0) is 19.3. The maximum atomic E-state index is 13.2. The second-order valence-corrected chi connectivity index (χ2v) is 6.91. The smallest absolute Gasteiger partial charge is 0.254 e. The molecule has 0 atom stereocenters. The molecule has 4 rings (SSSR count). The summed E-state index contributed by atoms with van der Waals surface area (Å²) in [6.07, 6.45) is 7.14. The molecule has 0 spiro atoms. The van der Waals surface area contributed by atoms with E-state index < -0.39 is 0 Å². The minimum atomic E-state index is 0.0575. The SMILES string of the molecule is CCOc1ccc(CN(C(=O)c2cccc(-c3cnccn3)c2)C2CC2)cc1. The van der Waals surface area contributed by atoms with Crippen LogP contribution >= 0.6 is 0 Å². The molecule has 5 nitrogen and oxygen atoms in total. The molecule has 1 saturated carbocycles. The average Bonchev–Trinajstić information content (AvgIpc) is 3.59. The monoisotopic (exact) mass is 373 g/mol. The second-order valence-electron chi connectivity index (χ2n) is 6.91. The highest BCUT2D eigenvalue weighted by molar-refractivity contribution is 5.95. The summed E-state index contributed by atoms with van der Waals surface area (Å²) >= 11 is 0. The maximum Gasteiger partial charge on any atom is 0.254 e. The Balaban J connectivity index is 1.54. The fraction of sp³-hybridized carbons (Fsp3) is 0.261. The first kappa shape index (κ1) is 18.2. The van der Waals surface area contributed by atoms with Gasteiger partial charge in [0.05, 0.1) is 18.5 Å². The lowest BCUT2D eigenvalue weighted by atomic mass is 10.1. The van der Waals surface area contributed by atoms with Gasteiger partial charge in [0.1, 0.15) is 5.75 Å². The van der Waals surface area contributed by atoms with Crippen LogP contribution in [0.3, 0.4) is 0 Å². The van der Waals surface area contributed by atoms with Crippen LogP contribution in [0.15, 0.2) is 67.1 Å². The Morgan fingerprint density at radius 2 is 1.96 bits per heavy atom. The number of ether oxygens (including phenoxy) is 1. The Bertz CT molecular complexity index is 938. The van der Waals surface area contributed by atoms with E-state index >= 15 is 0 Å². The second kappa shape index (κ2) is 8.21. The number of hydrogen-bond acceptors (Lipinski definition) is 4. The number of nitrogens with zero attached hydrogens (tertiary/aromatic N) is 3. The number of hydrogen-bond donors (Lipinski definition) is 0. The van der Waals surface area contributed by atoms with Gasteiger partial charge in [0.2, 0.25) is 0 Å². The van der Waals surface area contributed by atoms with Crippen LogP contribution < -0.4 is 4.74 Å². The van der Waals surface area contributed by atoms with Crippen molar-refractivity contribution < 1.29 is 9.53 Å². The van der Waals surface area contributed by atoms with E-state index in [2.05, 4.69) is 9.97 Å². The number of carbonyl (C=O) groups excluding carboxylic acids is 1. The molecule has 0 N–H and O–H groups in total. The number of rotatable bonds is 7. The van der Waals surface area contributed by atoms with E-state index in [-0.39, 0.29) is 5.91 Å². The lowest BCUT2D eigenvalue weighted by Gasteiger charge is -2.23. The summed E-state index contributed by atoms with van der Waals surface area (Å²) in [6, 6.07) is 15.9. The van der Waals surface area contributed by atoms with Crippen molar-refractivity contribution in [1.29, 1.82) is 0 Å². The first-order chi connectivity index (χ1) is 13.7. The highest BCUT2D eigenvalue weighted by atomic mass is 16.5. The molecule has 5 heteroatoms. The Morgan fingerprint density at radius 3 is 2.64 bits per heavy atom. The third-order valence-electron chi connectivity index (χ3n) is 4.80. The summed E-state index contributed by atoms with van der Waals surface area (Å²) < 4.78 is 5.51. The van der Waals surface area contributed by atoms with Gasteiger partial charge in [-0.15, -0.1) is 0 Å². The van der Waals surface area contributed by atoms with Gasteiger partial charge in [-0.25, -0.2) is 0 Å².